The second-order valence-electron chi connectivity index (χ2n) is 6.19. The van der Waals surface area contributed by atoms with Gasteiger partial charge in [-0.15, -0.1) is 0 Å². The average Bonchev–Trinajstić information content (AvgIpc) is 3.43. The molecule has 2 N–H and O–H groups in total. The van der Waals surface area contributed by atoms with E-state index < -0.39 is 5.92 Å². The molecule has 1 aromatic carbocycles. The number of hydrogen-bond acceptors (Lipinski definition) is 3. The van der Waals surface area contributed by atoms with Crippen LogP contribution in [0, 0.1) is 0 Å². The van der Waals surface area contributed by atoms with Crippen molar-refractivity contribution >= 4 is 23.4 Å². The van der Waals surface area contributed by atoms with Crippen LogP contribution in [0.1, 0.15) is 30.0 Å². The summed E-state index contributed by atoms with van der Waals surface area (Å²) < 4.78 is 0. The number of halogens is 1. The Balaban J connectivity index is 1.69. The summed E-state index contributed by atoms with van der Waals surface area (Å²) in [6.45, 7) is -0.0123. The predicted octanol–water partition coefficient (Wildman–Crippen LogP) is 2.46. The van der Waals surface area contributed by atoms with Crippen LogP contribution in [0.4, 0.5) is 0 Å². The minimum atomic E-state index is -0.430. The number of benzene rings is 1. The van der Waals surface area contributed by atoms with Crippen molar-refractivity contribution in [1.82, 2.24) is 15.6 Å². The molecule has 130 valence electrons. The van der Waals surface area contributed by atoms with Crippen LogP contribution in [-0.4, -0.2) is 29.4 Å². The van der Waals surface area contributed by atoms with Gasteiger partial charge in [0.15, 0.2) is 0 Å². The summed E-state index contributed by atoms with van der Waals surface area (Å²) in [4.78, 5) is 28.8. The topological polar surface area (TPSA) is 71.1 Å². The van der Waals surface area contributed by atoms with Gasteiger partial charge in [-0.3, -0.25) is 14.6 Å². The first kappa shape index (κ1) is 17.4. The van der Waals surface area contributed by atoms with Crippen molar-refractivity contribution in [2.75, 3.05) is 6.54 Å². The van der Waals surface area contributed by atoms with Crippen LogP contribution in [0.5, 0.6) is 0 Å². The van der Waals surface area contributed by atoms with E-state index in [-0.39, 0.29) is 24.4 Å². The summed E-state index contributed by atoms with van der Waals surface area (Å²) in [5.41, 5.74) is 1.66. The summed E-state index contributed by atoms with van der Waals surface area (Å²) in [5, 5.41) is 6.21. The smallest absolute Gasteiger partial charge is 0.239 e. The minimum absolute atomic E-state index is 0.0123. The van der Waals surface area contributed by atoms with Crippen LogP contribution in [-0.2, 0) is 16.0 Å². The SMILES string of the molecule is O=C(CNC(=O)C(Cc1ccccn1)c1ccc(Cl)cc1)NC1CC1. The molecule has 1 aromatic heterocycles. The van der Waals surface area contributed by atoms with Gasteiger partial charge in [-0.1, -0.05) is 29.8 Å². The first-order valence-electron chi connectivity index (χ1n) is 8.34. The van der Waals surface area contributed by atoms with Crippen molar-refractivity contribution in [1.29, 1.82) is 0 Å². The molecule has 0 aliphatic heterocycles. The van der Waals surface area contributed by atoms with Crippen LogP contribution in [0.15, 0.2) is 48.7 Å². The Morgan fingerprint density at radius 3 is 2.56 bits per heavy atom. The Morgan fingerprint density at radius 2 is 1.92 bits per heavy atom. The zero-order valence-electron chi connectivity index (χ0n) is 13.7. The number of carbonyl (C=O) groups is 2. The largest absolute Gasteiger partial charge is 0.352 e. The van der Waals surface area contributed by atoms with E-state index in [1.807, 2.05) is 30.3 Å². The second kappa shape index (κ2) is 8.12. The highest BCUT2D eigenvalue weighted by molar-refractivity contribution is 6.30. The molecule has 2 amide bonds. The van der Waals surface area contributed by atoms with Crippen LogP contribution in [0.2, 0.25) is 5.02 Å². The quantitative estimate of drug-likeness (QED) is 0.799. The Hall–Kier alpha value is -2.40. The number of hydrogen-bond donors (Lipinski definition) is 2. The van der Waals surface area contributed by atoms with Crippen LogP contribution < -0.4 is 10.6 Å². The van der Waals surface area contributed by atoms with Crippen molar-refractivity contribution < 1.29 is 9.59 Å². The number of aromatic nitrogens is 1. The lowest BCUT2D eigenvalue weighted by Crippen LogP contribution is -2.40. The predicted molar refractivity (Wildman–Crippen MR) is 96.3 cm³/mol. The highest BCUT2D eigenvalue weighted by atomic mass is 35.5. The fraction of sp³-hybridized carbons (Fsp3) is 0.316. The van der Waals surface area contributed by atoms with Gasteiger partial charge in [0.05, 0.1) is 12.5 Å². The first-order valence-corrected chi connectivity index (χ1v) is 8.72. The van der Waals surface area contributed by atoms with E-state index in [1.165, 1.54) is 0 Å². The fourth-order valence-electron chi connectivity index (χ4n) is 2.58. The average molecular weight is 358 g/mol. The third kappa shape index (κ3) is 5.29. The van der Waals surface area contributed by atoms with Crippen LogP contribution in [0.25, 0.3) is 0 Å². The third-order valence-corrected chi connectivity index (χ3v) is 4.35. The van der Waals surface area contributed by atoms with Crippen molar-refractivity contribution in [2.45, 2.75) is 31.2 Å². The molecule has 0 saturated heterocycles. The summed E-state index contributed by atoms with van der Waals surface area (Å²) in [5.74, 6) is -0.775. The number of pyridine rings is 1. The molecule has 0 bridgehead atoms. The summed E-state index contributed by atoms with van der Waals surface area (Å²) >= 11 is 5.95. The molecule has 1 aliphatic rings. The lowest BCUT2D eigenvalue weighted by molar-refractivity contribution is -0.127. The molecule has 3 rings (SSSR count). The van der Waals surface area contributed by atoms with E-state index in [0.29, 0.717) is 11.4 Å². The Kier molecular flexibility index (Phi) is 5.66. The zero-order chi connectivity index (χ0) is 17.6. The molecular formula is C19H20ClN3O2. The molecule has 1 saturated carbocycles. The number of amides is 2. The van der Waals surface area contributed by atoms with Crippen LogP contribution in [0.3, 0.4) is 0 Å². The highest BCUT2D eigenvalue weighted by Gasteiger charge is 2.25. The maximum atomic E-state index is 12.7. The molecule has 0 radical (unpaired) electrons. The molecule has 1 aliphatic carbocycles. The Labute approximate surface area is 151 Å². The Morgan fingerprint density at radius 1 is 1.16 bits per heavy atom. The molecule has 1 unspecified atom stereocenters. The second-order valence-corrected chi connectivity index (χ2v) is 6.63. The molecule has 6 heteroatoms. The maximum absolute atomic E-state index is 12.7. The van der Waals surface area contributed by atoms with E-state index in [1.54, 1.807) is 18.3 Å². The molecule has 5 nitrogen and oxygen atoms in total. The summed E-state index contributed by atoms with van der Waals surface area (Å²) in [6.07, 6.45) is 4.20. The molecule has 1 heterocycles. The van der Waals surface area contributed by atoms with Gasteiger partial charge in [-0.2, -0.15) is 0 Å². The van der Waals surface area contributed by atoms with E-state index in [9.17, 15) is 9.59 Å². The molecule has 0 spiro atoms. The van der Waals surface area contributed by atoms with Gasteiger partial charge in [0.1, 0.15) is 0 Å². The fourth-order valence-corrected chi connectivity index (χ4v) is 2.71. The highest BCUT2D eigenvalue weighted by Crippen LogP contribution is 2.22. The molecule has 1 fully saturated rings. The third-order valence-electron chi connectivity index (χ3n) is 4.09. The van der Waals surface area contributed by atoms with Crippen molar-refractivity contribution in [3.05, 3.63) is 64.9 Å². The van der Waals surface area contributed by atoms with Gasteiger partial charge in [-0.25, -0.2) is 0 Å². The van der Waals surface area contributed by atoms with Crippen molar-refractivity contribution in [2.24, 2.45) is 0 Å². The lowest BCUT2D eigenvalue weighted by atomic mass is 9.93. The van der Waals surface area contributed by atoms with Gasteiger partial charge in [-0.05, 0) is 42.7 Å². The zero-order valence-corrected chi connectivity index (χ0v) is 14.5. The van der Waals surface area contributed by atoms with Crippen molar-refractivity contribution in [3.63, 3.8) is 0 Å². The van der Waals surface area contributed by atoms with E-state index in [2.05, 4.69) is 15.6 Å². The molecule has 2 aromatic rings. The summed E-state index contributed by atoms with van der Waals surface area (Å²) in [7, 11) is 0. The molecular weight excluding hydrogens is 338 g/mol. The maximum Gasteiger partial charge on any atom is 0.239 e. The standard InChI is InChI=1S/C19H20ClN3O2/c20-14-6-4-13(5-7-14)17(11-16-3-1-2-10-21-16)19(25)22-12-18(24)23-15-8-9-15/h1-7,10,15,17H,8-9,11-12H2,(H,22,25)(H,23,24). The lowest BCUT2D eigenvalue weighted by Gasteiger charge is -2.17. The van der Waals surface area contributed by atoms with E-state index in [0.717, 1.165) is 24.1 Å². The van der Waals surface area contributed by atoms with Gasteiger partial charge >= 0.3 is 0 Å². The van der Waals surface area contributed by atoms with Gasteiger partial charge in [0.25, 0.3) is 0 Å². The van der Waals surface area contributed by atoms with Gasteiger partial charge < -0.3 is 10.6 Å². The first-order chi connectivity index (χ1) is 12.1. The number of nitrogens with zero attached hydrogens (tertiary/aromatic N) is 1. The number of carbonyl (C=O) groups excluding carboxylic acids is 2. The summed E-state index contributed by atoms with van der Waals surface area (Å²) in [6, 6.07) is 13.1. The van der Waals surface area contributed by atoms with Crippen molar-refractivity contribution in [3.8, 4) is 0 Å². The number of rotatable bonds is 7. The van der Waals surface area contributed by atoms with E-state index in [4.69, 9.17) is 11.6 Å². The van der Waals surface area contributed by atoms with Gasteiger partial charge in [0, 0.05) is 29.4 Å². The van der Waals surface area contributed by atoms with E-state index >= 15 is 0 Å². The monoisotopic (exact) mass is 357 g/mol. The normalized spacial score (nSPS) is 14.6. The minimum Gasteiger partial charge on any atom is -0.352 e. The van der Waals surface area contributed by atoms with Crippen LogP contribution >= 0.6 is 11.6 Å². The Bertz CT molecular complexity index is 730. The molecule has 1 atom stereocenters. The van der Waals surface area contributed by atoms with Gasteiger partial charge in [0.2, 0.25) is 11.8 Å². The molecule has 25 heavy (non-hydrogen) atoms. The number of nitrogens with one attached hydrogen (secondary N) is 2.